The summed E-state index contributed by atoms with van der Waals surface area (Å²) in [6.07, 6.45) is 0. The molecular weight excluding hydrogens is 525 g/mol. The number of rotatable bonds is 0. The second-order valence-electron chi connectivity index (χ2n) is 0. The van der Waals surface area contributed by atoms with Gasteiger partial charge in [-0.05, 0) is 0 Å². The van der Waals surface area contributed by atoms with E-state index in [1.165, 1.54) is 0 Å². The molecule has 0 aromatic heterocycles. The Balaban J connectivity index is -0.000000000500. The van der Waals surface area contributed by atoms with Crippen LogP contribution in [0.5, 0.6) is 0 Å². The van der Waals surface area contributed by atoms with Crippen LogP contribution in [-0.4, -0.2) is 65.0 Å². The fourth-order valence-corrected chi connectivity index (χ4v) is 0. The average Bonchev–Trinajstić information content (AvgIpc) is 1.00. The molecule has 0 N–H and O–H groups in total. The Morgan fingerprint density at radius 1 is 1.40 bits per heavy atom. The standard InChI is InChI=1S/Ca.Cu.Hg.O.Tl.2H/q+2;;;;;2*-1. The molecular formula is H2CaCuHgOTl. The first kappa shape index (κ1) is 23.7. The Morgan fingerprint density at radius 2 is 1.40 bits per heavy atom. The SMILES string of the molecule is [Ca+2].[H-].[H-].[Hg].[O]=[Cu].[Tl]. The number of hydrogen-bond acceptors (Lipinski definition) is 1. The van der Waals surface area contributed by atoms with Crippen LogP contribution < -0.4 is 0 Å². The topological polar surface area (TPSA) is 17.1 Å². The van der Waals surface area contributed by atoms with Crippen molar-refractivity contribution in [2.24, 2.45) is 0 Å². The van der Waals surface area contributed by atoms with E-state index in [-0.39, 0.29) is 95.6 Å². The largest absolute Gasteiger partial charge is 0 e. The first-order valence-corrected chi connectivity index (χ1v) is 0.508. The van der Waals surface area contributed by atoms with Crippen LogP contribution in [0.2, 0.25) is 0 Å². The van der Waals surface area contributed by atoms with Gasteiger partial charge in [0.15, 0.2) is 0 Å². The first-order valence-electron chi connectivity index (χ1n) is 0.123. The summed E-state index contributed by atoms with van der Waals surface area (Å²) in [5.41, 5.74) is 0. The van der Waals surface area contributed by atoms with Crippen LogP contribution in [0.15, 0.2) is 0 Å². The molecule has 0 atom stereocenters. The van der Waals surface area contributed by atoms with Gasteiger partial charge in [-0.15, -0.1) is 0 Å². The second kappa shape index (κ2) is 26.1. The smallest absolute Gasteiger partial charge is 0 e. The van der Waals surface area contributed by atoms with Crippen LogP contribution >= 0.6 is 0 Å². The van der Waals surface area contributed by atoms with Crippen molar-refractivity contribution in [2.45, 2.75) is 0 Å². The molecule has 0 amide bonds. The summed E-state index contributed by atoms with van der Waals surface area (Å²) in [4.78, 5) is 0. The third kappa shape index (κ3) is 18.6. The van der Waals surface area contributed by atoms with Crippen LogP contribution in [0, 0.1) is 0 Å². The summed E-state index contributed by atoms with van der Waals surface area (Å²) in [5, 5.41) is 0. The zero-order chi connectivity index (χ0) is 2.00. The van der Waals surface area contributed by atoms with E-state index in [0.717, 1.165) is 0 Å². The van der Waals surface area contributed by atoms with E-state index in [9.17, 15) is 0 Å². The molecule has 0 fully saturated rings. The predicted molar refractivity (Wildman–Crippen MR) is 14.4 cm³/mol. The van der Waals surface area contributed by atoms with Gasteiger partial charge in [0.2, 0.25) is 0 Å². The molecule has 0 aliphatic rings. The third-order valence-electron chi connectivity index (χ3n) is 0. The van der Waals surface area contributed by atoms with E-state index in [1.807, 2.05) is 0 Å². The van der Waals surface area contributed by atoms with Crippen LogP contribution in [0.3, 0.4) is 0 Å². The van der Waals surface area contributed by atoms with E-state index in [0.29, 0.717) is 0 Å². The van der Waals surface area contributed by atoms with Gasteiger partial charge in [-0.1, -0.05) is 0 Å². The summed E-state index contributed by atoms with van der Waals surface area (Å²) in [6.45, 7) is 0. The van der Waals surface area contributed by atoms with E-state index in [1.54, 1.807) is 0 Å². The zero-order valence-corrected chi connectivity index (χ0v) is 15.8. The molecule has 0 saturated heterocycles. The summed E-state index contributed by atoms with van der Waals surface area (Å²) in [6, 6.07) is 0. The van der Waals surface area contributed by atoms with E-state index in [4.69, 9.17) is 3.83 Å². The minimum Gasteiger partial charge on any atom is 0 e. The molecule has 0 bridgehead atoms. The van der Waals surface area contributed by atoms with Crippen molar-refractivity contribution in [1.82, 2.24) is 0 Å². The summed E-state index contributed by atoms with van der Waals surface area (Å²) >= 11 is 2.94. The summed E-state index contributed by atoms with van der Waals surface area (Å²) in [7, 11) is 0. The zero-order valence-electron chi connectivity index (χ0n) is 4.70. The Morgan fingerprint density at radius 3 is 1.40 bits per heavy atom. The molecule has 0 aromatic rings. The van der Waals surface area contributed by atoms with Crippen molar-refractivity contribution in [1.29, 1.82) is 0 Å². The maximum atomic E-state index is 7.81. The van der Waals surface area contributed by atoms with Gasteiger partial charge in [-0.25, -0.2) is 0 Å². The van der Waals surface area contributed by atoms with Crippen LogP contribution in [-0.2, 0) is 47.4 Å². The molecule has 5 heavy (non-hydrogen) atoms. The normalized spacial score (nSPS) is 1.20. The molecule has 0 aromatic carbocycles. The molecule has 0 unspecified atom stereocenters. The second-order valence-corrected chi connectivity index (χ2v) is 0. The van der Waals surface area contributed by atoms with E-state index in [2.05, 4.69) is 15.9 Å². The van der Waals surface area contributed by atoms with Crippen molar-refractivity contribution in [3.05, 3.63) is 0 Å². The number of hydrogen-bond donors (Lipinski definition) is 0. The molecule has 1 nitrogen and oxygen atoms in total. The Labute approximate surface area is 113 Å². The summed E-state index contributed by atoms with van der Waals surface area (Å²) < 4.78 is 7.81. The molecule has 0 saturated carbocycles. The van der Waals surface area contributed by atoms with Gasteiger partial charge in [0.05, 0.1) is 0 Å². The molecule has 0 aliphatic carbocycles. The van der Waals surface area contributed by atoms with Gasteiger partial charge in [0.1, 0.15) is 0 Å². The molecule has 5 heteroatoms. The quantitative estimate of drug-likeness (QED) is 0.384. The Hall–Kier alpha value is 3.44. The van der Waals surface area contributed by atoms with Crippen molar-refractivity contribution in [2.75, 3.05) is 0 Å². The van der Waals surface area contributed by atoms with Crippen molar-refractivity contribution >= 4 is 65.0 Å². The van der Waals surface area contributed by atoms with Crippen molar-refractivity contribution in [3.63, 3.8) is 0 Å². The van der Waals surface area contributed by atoms with Gasteiger partial charge < -0.3 is 2.85 Å². The third-order valence-corrected chi connectivity index (χ3v) is 0. The fraction of sp³-hybridized carbons (Fsp3) is 0. The fourth-order valence-electron chi connectivity index (χ4n) is 0. The Kier molecular flexibility index (Phi) is 124. The maximum Gasteiger partial charge on any atom is 0 e. The average molecular weight is 527 g/mol. The summed E-state index contributed by atoms with van der Waals surface area (Å²) in [5.74, 6) is 0. The Bertz CT molecular complexity index is 17.7. The molecule has 1 radical (unpaired) electrons. The molecule has 0 spiro atoms. The minimum atomic E-state index is 0. The molecule has 0 heterocycles. The van der Waals surface area contributed by atoms with Crippen molar-refractivity contribution < 1.29 is 50.3 Å². The van der Waals surface area contributed by atoms with Gasteiger partial charge in [-0.3, -0.25) is 0 Å². The van der Waals surface area contributed by atoms with Crippen LogP contribution in [0.25, 0.3) is 0 Å². The molecule has 26 valence electrons. The monoisotopic (exact) mass is 528 g/mol. The van der Waals surface area contributed by atoms with Gasteiger partial charge >= 0.3 is 57.5 Å². The van der Waals surface area contributed by atoms with Gasteiger partial charge in [-0.2, -0.15) is 0 Å². The predicted octanol–water partition coefficient (Wildman–Crippen LogP) is -0.660. The van der Waals surface area contributed by atoms with E-state index >= 15 is 0 Å². The minimum absolute atomic E-state index is 0. The first-order chi connectivity index (χ1) is 1.00. The van der Waals surface area contributed by atoms with E-state index < -0.39 is 0 Å². The van der Waals surface area contributed by atoms with Crippen LogP contribution in [0.1, 0.15) is 2.85 Å². The maximum absolute atomic E-state index is 7.81. The molecule has 0 aliphatic heterocycles. The van der Waals surface area contributed by atoms with Gasteiger partial charge in [0.25, 0.3) is 0 Å². The molecule has 0 rings (SSSR count). The van der Waals surface area contributed by atoms with Crippen LogP contribution in [0.4, 0.5) is 0 Å². The van der Waals surface area contributed by atoms with Crippen molar-refractivity contribution in [3.8, 4) is 0 Å². The van der Waals surface area contributed by atoms with Gasteiger partial charge in [0, 0.05) is 55.0 Å².